The Balaban J connectivity index is 3.32. The first-order chi connectivity index (χ1) is 11.4. The van der Waals surface area contributed by atoms with E-state index in [-0.39, 0.29) is 0 Å². The van der Waals surface area contributed by atoms with Crippen LogP contribution < -0.4 is 0 Å². The lowest BCUT2D eigenvalue weighted by Crippen LogP contribution is -2.19. The van der Waals surface area contributed by atoms with E-state index in [1.807, 2.05) is 0 Å². The van der Waals surface area contributed by atoms with E-state index in [1.54, 1.807) is 0 Å². The van der Waals surface area contributed by atoms with Gasteiger partial charge in [-0.2, -0.15) is 8.42 Å². The lowest BCUT2D eigenvalue weighted by atomic mass is 10.0. The van der Waals surface area contributed by atoms with Gasteiger partial charge in [-0.25, -0.2) is 0 Å². The van der Waals surface area contributed by atoms with Crippen LogP contribution in [0.1, 0.15) is 110 Å². The van der Waals surface area contributed by atoms with Crippen LogP contribution in [0, 0.1) is 0 Å². The van der Waals surface area contributed by atoms with Crippen LogP contribution in [0.2, 0.25) is 0 Å². The minimum Gasteiger partial charge on any atom is -0.393 e. The highest BCUT2D eigenvalue weighted by Crippen LogP contribution is 2.15. The van der Waals surface area contributed by atoms with Crippen molar-refractivity contribution < 1.29 is 18.1 Å². The smallest absolute Gasteiger partial charge is 0.267 e. The molecular weight excluding hydrogens is 324 g/mol. The maximum atomic E-state index is 10.9. The Kier molecular flexibility index (Phi) is 15.1. The molecule has 0 aliphatic heterocycles. The van der Waals surface area contributed by atoms with Gasteiger partial charge in [0.2, 0.25) is 0 Å². The predicted octanol–water partition coefficient (Wildman–Crippen LogP) is 5.50. The molecule has 0 aromatic rings. The number of aliphatic hydroxyl groups excluding tert-OH is 1. The first-order valence-corrected chi connectivity index (χ1v) is 11.5. The summed E-state index contributed by atoms with van der Waals surface area (Å²) in [6, 6.07) is 0. The largest absolute Gasteiger partial charge is 0.393 e. The van der Waals surface area contributed by atoms with Crippen LogP contribution in [-0.4, -0.2) is 29.4 Å². The molecule has 0 saturated heterocycles. The first kappa shape index (κ1) is 23.9. The molecule has 2 unspecified atom stereocenters. The van der Waals surface area contributed by atoms with Crippen molar-refractivity contribution in [3.8, 4) is 0 Å². The Hall–Kier alpha value is -0.130. The Morgan fingerprint density at radius 1 is 0.708 bits per heavy atom. The summed E-state index contributed by atoms with van der Waals surface area (Å²) in [5, 5.41) is 9.07. The summed E-state index contributed by atoms with van der Waals surface area (Å²) in [6.45, 7) is 3.73. The highest BCUT2D eigenvalue weighted by molar-refractivity contribution is 7.86. The van der Waals surface area contributed by atoms with Crippen molar-refractivity contribution in [1.29, 1.82) is 0 Å². The summed E-state index contributed by atoms with van der Waals surface area (Å²) in [4.78, 5) is 0. The average Bonchev–Trinajstić information content (AvgIpc) is 2.52. The zero-order chi connectivity index (χ0) is 18.3. The van der Waals surface area contributed by atoms with Gasteiger partial charge in [0.05, 0.1) is 11.4 Å². The van der Waals surface area contributed by atoms with Crippen molar-refractivity contribution >= 4 is 10.1 Å². The third-order valence-corrected chi connectivity index (χ3v) is 6.06. The second kappa shape index (κ2) is 15.2. The van der Waals surface area contributed by atoms with E-state index >= 15 is 0 Å². The molecule has 4 nitrogen and oxygen atoms in total. The molecule has 0 bridgehead atoms. The van der Waals surface area contributed by atoms with Crippen molar-refractivity contribution in [1.82, 2.24) is 0 Å². The lowest BCUT2D eigenvalue weighted by Gasteiger charge is -2.13. The fraction of sp³-hybridized carbons (Fsp3) is 1.00. The van der Waals surface area contributed by atoms with E-state index in [1.165, 1.54) is 71.1 Å². The van der Waals surface area contributed by atoms with Crippen LogP contribution in [0.25, 0.3) is 0 Å². The van der Waals surface area contributed by atoms with Gasteiger partial charge in [0, 0.05) is 0 Å². The number of hydrogen-bond donors (Lipinski definition) is 2. The number of rotatable bonds is 17. The molecule has 0 fully saturated rings. The molecule has 0 aliphatic rings. The highest BCUT2D eigenvalue weighted by Gasteiger charge is 2.18. The van der Waals surface area contributed by atoms with E-state index in [0.717, 1.165) is 19.3 Å². The molecule has 5 heteroatoms. The molecule has 24 heavy (non-hydrogen) atoms. The second-order valence-corrected chi connectivity index (χ2v) is 9.07. The van der Waals surface area contributed by atoms with Gasteiger partial charge in [-0.1, -0.05) is 84.0 Å². The minimum atomic E-state index is -3.96. The molecule has 0 aliphatic carbocycles. The lowest BCUT2D eigenvalue weighted by molar-refractivity contribution is 0.148. The second-order valence-electron chi connectivity index (χ2n) is 7.23. The van der Waals surface area contributed by atoms with Gasteiger partial charge >= 0.3 is 0 Å². The van der Waals surface area contributed by atoms with Crippen molar-refractivity contribution in [2.45, 2.75) is 122 Å². The summed E-state index contributed by atoms with van der Waals surface area (Å²) >= 11 is 0. The summed E-state index contributed by atoms with van der Waals surface area (Å²) in [5.41, 5.74) is 0. The van der Waals surface area contributed by atoms with E-state index in [0.29, 0.717) is 12.8 Å². The summed E-state index contributed by atoms with van der Waals surface area (Å²) in [6.07, 6.45) is 16.6. The Morgan fingerprint density at radius 2 is 1.12 bits per heavy atom. The van der Waals surface area contributed by atoms with Crippen LogP contribution in [-0.2, 0) is 10.1 Å². The SMILES string of the molecule is CCCCCCCCCCCCCCC(O)CCC(C)S(=O)(=O)O. The maximum Gasteiger partial charge on any atom is 0.267 e. The minimum absolute atomic E-state index is 0.318. The van der Waals surface area contributed by atoms with Crippen LogP contribution in [0.15, 0.2) is 0 Å². The summed E-state index contributed by atoms with van der Waals surface area (Å²) in [5.74, 6) is 0. The van der Waals surface area contributed by atoms with Gasteiger partial charge in [0.15, 0.2) is 0 Å². The van der Waals surface area contributed by atoms with Gasteiger partial charge in [0.25, 0.3) is 10.1 Å². The standard InChI is InChI=1S/C19H40O4S/c1-3-4-5-6-7-8-9-10-11-12-13-14-15-19(20)17-16-18(2)24(21,22)23/h18-20H,3-17H2,1-2H3,(H,21,22,23). The fourth-order valence-electron chi connectivity index (χ4n) is 2.94. The monoisotopic (exact) mass is 364 g/mol. The zero-order valence-corrected chi connectivity index (χ0v) is 16.7. The Labute approximate surface area is 150 Å². The molecule has 0 radical (unpaired) electrons. The quantitative estimate of drug-likeness (QED) is 0.264. The molecule has 146 valence electrons. The molecule has 2 N–H and O–H groups in total. The van der Waals surface area contributed by atoms with Crippen LogP contribution in [0.5, 0.6) is 0 Å². The normalized spacial score (nSPS) is 14.7. The molecule has 2 atom stereocenters. The predicted molar refractivity (Wildman–Crippen MR) is 102 cm³/mol. The van der Waals surface area contributed by atoms with E-state index < -0.39 is 21.5 Å². The fourth-order valence-corrected chi connectivity index (χ4v) is 3.38. The van der Waals surface area contributed by atoms with Crippen LogP contribution >= 0.6 is 0 Å². The number of aliphatic hydroxyl groups is 1. The third-order valence-electron chi connectivity index (χ3n) is 4.81. The first-order valence-electron chi connectivity index (χ1n) is 10.0. The van der Waals surface area contributed by atoms with E-state index in [9.17, 15) is 13.5 Å². The van der Waals surface area contributed by atoms with Crippen LogP contribution in [0.4, 0.5) is 0 Å². The summed E-state index contributed by atoms with van der Waals surface area (Å²) in [7, 11) is -3.96. The van der Waals surface area contributed by atoms with Gasteiger partial charge < -0.3 is 5.11 Å². The molecule has 0 heterocycles. The highest BCUT2D eigenvalue weighted by atomic mass is 32.2. The molecule has 0 aromatic heterocycles. The van der Waals surface area contributed by atoms with Crippen molar-refractivity contribution in [3.05, 3.63) is 0 Å². The van der Waals surface area contributed by atoms with Crippen molar-refractivity contribution in [3.63, 3.8) is 0 Å². The van der Waals surface area contributed by atoms with Gasteiger partial charge in [0.1, 0.15) is 0 Å². The number of hydrogen-bond acceptors (Lipinski definition) is 3. The third kappa shape index (κ3) is 15.4. The molecule has 0 amide bonds. The molecule has 0 rings (SSSR count). The molecule has 0 aromatic carbocycles. The molecule has 0 spiro atoms. The van der Waals surface area contributed by atoms with E-state index in [2.05, 4.69) is 6.92 Å². The van der Waals surface area contributed by atoms with Crippen molar-refractivity contribution in [2.75, 3.05) is 0 Å². The topological polar surface area (TPSA) is 74.6 Å². The van der Waals surface area contributed by atoms with Crippen LogP contribution in [0.3, 0.4) is 0 Å². The molecule has 0 saturated carbocycles. The van der Waals surface area contributed by atoms with Gasteiger partial charge in [-0.3, -0.25) is 4.55 Å². The maximum absolute atomic E-state index is 10.9. The average molecular weight is 365 g/mol. The zero-order valence-electron chi connectivity index (χ0n) is 15.9. The Morgan fingerprint density at radius 3 is 1.54 bits per heavy atom. The van der Waals surface area contributed by atoms with Gasteiger partial charge in [-0.05, 0) is 26.2 Å². The summed E-state index contributed by atoms with van der Waals surface area (Å²) < 4.78 is 30.7. The van der Waals surface area contributed by atoms with Gasteiger partial charge in [-0.15, -0.1) is 0 Å². The van der Waals surface area contributed by atoms with Crippen molar-refractivity contribution in [2.24, 2.45) is 0 Å². The Bertz CT molecular complexity index is 368. The number of unbranched alkanes of at least 4 members (excludes halogenated alkanes) is 11. The van der Waals surface area contributed by atoms with E-state index in [4.69, 9.17) is 4.55 Å². The molecular formula is C19H40O4S.